The van der Waals surface area contributed by atoms with E-state index < -0.39 is 5.41 Å². The molecule has 1 aliphatic carbocycles. The van der Waals surface area contributed by atoms with Gasteiger partial charge >= 0.3 is 7.69 Å². The molecule has 0 saturated heterocycles. The van der Waals surface area contributed by atoms with E-state index in [0.29, 0.717) is 5.75 Å². The van der Waals surface area contributed by atoms with Crippen molar-refractivity contribution in [3.8, 4) is 16.9 Å². The van der Waals surface area contributed by atoms with Crippen LogP contribution in [-0.4, -0.2) is 12.7 Å². The summed E-state index contributed by atoms with van der Waals surface area (Å²) in [5.74, 6) is 0.616. The van der Waals surface area contributed by atoms with E-state index in [1.54, 1.807) is 0 Å². The predicted octanol–water partition coefficient (Wildman–Crippen LogP) is 4.96. The van der Waals surface area contributed by atoms with Gasteiger partial charge in [0.05, 0.1) is 5.41 Å². The summed E-state index contributed by atoms with van der Waals surface area (Å²) in [5, 5.41) is 9.16. The summed E-state index contributed by atoms with van der Waals surface area (Å²) < 4.78 is 5.33. The quantitative estimate of drug-likeness (QED) is 0.459. The van der Waals surface area contributed by atoms with E-state index >= 15 is 0 Å². The minimum absolute atomic E-state index is 0.441. The van der Waals surface area contributed by atoms with Gasteiger partial charge in [0.1, 0.15) is 5.75 Å². The van der Waals surface area contributed by atoms with E-state index in [4.69, 9.17) is 9.68 Å². The Balaban J connectivity index is 1.93. The largest absolute Gasteiger partial charge is 0.569 e. The fourth-order valence-corrected chi connectivity index (χ4v) is 4.56. The van der Waals surface area contributed by atoms with E-state index in [9.17, 15) is 0 Å². The Morgan fingerprint density at radius 1 is 0.607 bits per heavy atom. The van der Waals surface area contributed by atoms with Crippen LogP contribution >= 0.6 is 0 Å². The lowest BCUT2D eigenvalue weighted by molar-refractivity contribution is 0.453. The third-order valence-electron chi connectivity index (χ3n) is 5.62. The summed E-state index contributed by atoms with van der Waals surface area (Å²) in [7, 11) is 0.733. The lowest BCUT2D eigenvalue weighted by Crippen LogP contribution is -2.28. The van der Waals surface area contributed by atoms with E-state index in [0.717, 1.165) is 13.2 Å². The molecule has 28 heavy (non-hydrogen) atoms. The van der Waals surface area contributed by atoms with Crippen LogP contribution in [0, 0.1) is 0 Å². The minimum Gasteiger partial charge on any atom is -0.537 e. The van der Waals surface area contributed by atoms with Crippen LogP contribution in [0.25, 0.3) is 11.1 Å². The Hall–Kier alpha value is -3.30. The summed E-state index contributed by atoms with van der Waals surface area (Å²) in [5.41, 5.74) is 6.80. The van der Waals surface area contributed by atoms with Gasteiger partial charge in [-0.15, -0.1) is 0 Å². The number of hydrogen-bond donors (Lipinski definition) is 1. The first kappa shape index (κ1) is 16.8. The fourth-order valence-electron chi connectivity index (χ4n) is 4.56. The Kier molecular flexibility index (Phi) is 4.03. The highest BCUT2D eigenvalue weighted by atomic mass is 16.5. The Morgan fingerprint density at radius 3 is 1.82 bits per heavy atom. The van der Waals surface area contributed by atoms with Crippen molar-refractivity contribution < 1.29 is 9.68 Å². The maximum atomic E-state index is 9.16. The normalized spacial score (nSPS) is 13.5. The molecule has 1 N–H and O–H groups in total. The molecule has 0 aromatic heterocycles. The van der Waals surface area contributed by atoms with Gasteiger partial charge in [0.2, 0.25) is 0 Å². The van der Waals surface area contributed by atoms with Gasteiger partial charge in [0, 0.05) is 0 Å². The summed E-state index contributed by atoms with van der Waals surface area (Å²) in [4.78, 5) is 0. The van der Waals surface area contributed by atoms with Crippen molar-refractivity contribution >= 4 is 7.69 Å². The van der Waals surface area contributed by atoms with Crippen LogP contribution in [0.5, 0.6) is 5.75 Å². The van der Waals surface area contributed by atoms with Crippen LogP contribution in [0.2, 0.25) is 0 Å². The summed E-state index contributed by atoms with van der Waals surface area (Å²) in [6.07, 6.45) is 0. The number of hydrogen-bond acceptors (Lipinski definition) is 2. The Morgan fingerprint density at radius 2 is 1.18 bits per heavy atom. The van der Waals surface area contributed by atoms with Crippen LogP contribution in [0.3, 0.4) is 0 Å². The van der Waals surface area contributed by atoms with Gasteiger partial charge in [0.25, 0.3) is 0 Å². The average Bonchev–Trinajstić information content (AvgIpc) is 3.06. The van der Waals surface area contributed by atoms with Crippen LogP contribution < -0.4 is 4.65 Å². The maximum absolute atomic E-state index is 9.16. The van der Waals surface area contributed by atoms with Crippen molar-refractivity contribution in [2.75, 3.05) is 0 Å². The molecule has 4 aromatic carbocycles. The zero-order valence-corrected chi connectivity index (χ0v) is 15.2. The molecule has 0 unspecified atom stereocenters. The summed E-state index contributed by atoms with van der Waals surface area (Å²) >= 11 is 0. The average molecular weight is 361 g/mol. The lowest BCUT2D eigenvalue weighted by Gasteiger charge is -2.34. The van der Waals surface area contributed by atoms with Crippen LogP contribution in [0.4, 0.5) is 0 Å². The van der Waals surface area contributed by atoms with Gasteiger partial charge in [-0.3, -0.25) is 0 Å². The highest BCUT2D eigenvalue weighted by Crippen LogP contribution is 2.56. The molecule has 0 fully saturated rings. The second-order valence-electron chi connectivity index (χ2n) is 6.96. The zero-order chi connectivity index (χ0) is 19.0. The second kappa shape index (κ2) is 6.70. The van der Waals surface area contributed by atoms with E-state index in [2.05, 4.69) is 78.9 Å². The molecule has 4 aromatic rings. The lowest BCUT2D eigenvalue weighted by atomic mass is 9.68. The van der Waals surface area contributed by atoms with Gasteiger partial charge < -0.3 is 9.68 Å². The Bertz CT molecular complexity index is 1080. The van der Waals surface area contributed by atoms with Crippen molar-refractivity contribution in [3.63, 3.8) is 0 Å². The number of benzene rings is 4. The second-order valence-corrected chi connectivity index (χ2v) is 6.96. The van der Waals surface area contributed by atoms with Crippen molar-refractivity contribution in [3.05, 3.63) is 125 Å². The van der Waals surface area contributed by atoms with Crippen LogP contribution in [0.15, 0.2) is 103 Å². The highest BCUT2D eigenvalue weighted by Gasteiger charge is 2.46. The molecule has 3 heteroatoms. The molecule has 1 radical (unpaired) electrons. The first-order chi connectivity index (χ1) is 13.9. The van der Waals surface area contributed by atoms with Gasteiger partial charge in [-0.2, -0.15) is 0 Å². The van der Waals surface area contributed by atoms with Gasteiger partial charge in [-0.25, -0.2) is 0 Å². The Labute approximate surface area is 165 Å². The molecular weight excluding hydrogens is 343 g/mol. The first-order valence-corrected chi connectivity index (χ1v) is 9.33. The minimum atomic E-state index is -0.441. The molecule has 2 nitrogen and oxygen atoms in total. The SMILES string of the molecule is O[B]Oc1ccc2c(c1)C(c1ccccc1)(c1ccccc1)c1ccccc1-2. The molecule has 1 aliphatic rings. The smallest absolute Gasteiger partial charge is 0.537 e. The van der Waals surface area contributed by atoms with Crippen molar-refractivity contribution in [2.45, 2.75) is 5.41 Å². The predicted molar refractivity (Wildman–Crippen MR) is 112 cm³/mol. The highest BCUT2D eigenvalue weighted by molar-refractivity contribution is 6.17. The zero-order valence-electron chi connectivity index (χ0n) is 15.2. The summed E-state index contributed by atoms with van der Waals surface area (Å²) in [6.45, 7) is 0. The van der Waals surface area contributed by atoms with E-state index in [-0.39, 0.29) is 0 Å². The van der Waals surface area contributed by atoms with Gasteiger partial charge in [0.15, 0.2) is 0 Å². The molecule has 0 spiro atoms. The van der Waals surface area contributed by atoms with Crippen molar-refractivity contribution in [2.24, 2.45) is 0 Å². The molecule has 0 amide bonds. The standard InChI is InChI=1S/C25H18BO2/c27-26-28-20-15-16-22-21-13-7-8-14-23(21)25(24(22)17-20,18-9-3-1-4-10-18)19-11-5-2-6-12-19/h1-17,27H. The van der Waals surface area contributed by atoms with E-state index in [1.165, 1.54) is 27.8 Å². The van der Waals surface area contributed by atoms with E-state index in [1.807, 2.05) is 24.3 Å². The van der Waals surface area contributed by atoms with Crippen molar-refractivity contribution in [1.29, 1.82) is 0 Å². The van der Waals surface area contributed by atoms with Crippen LogP contribution in [0.1, 0.15) is 22.3 Å². The monoisotopic (exact) mass is 361 g/mol. The molecule has 0 bridgehead atoms. The topological polar surface area (TPSA) is 29.5 Å². The molecule has 0 saturated carbocycles. The first-order valence-electron chi connectivity index (χ1n) is 9.33. The van der Waals surface area contributed by atoms with Gasteiger partial charge in [-0.1, -0.05) is 91.0 Å². The summed E-state index contributed by atoms with van der Waals surface area (Å²) in [6, 6.07) is 35.8. The number of fused-ring (bicyclic) bond motifs is 3. The third kappa shape index (κ3) is 2.33. The number of rotatable bonds is 4. The molecule has 5 rings (SSSR count). The van der Waals surface area contributed by atoms with Crippen molar-refractivity contribution in [1.82, 2.24) is 0 Å². The molecule has 133 valence electrons. The molecule has 0 atom stereocenters. The van der Waals surface area contributed by atoms with Gasteiger partial charge in [-0.05, 0) is 45.5 Å². The molecule has 0 heterocycles. The molecule has 0 aliphatic heterocycles. The third-order valence-corrected chi connectivity index (χ3v) is 5.62. The maximum Gasteiger partial charge on any atom is 0.569 e. The molecular formula is C25H18BO2. The fraction of sp³-hybridized carbons (Fsp3) is 0.0400. The van der Waals surface area contributed by atoms with Crippen LogP contribution in [-0.2, 0) is 5.41 Å².